The molecule has 474 valence electrons. The fraction of sp³-hybridized carbons (Fsp3) is 0.220. The summed E-state index contributed by atoms with van der Waals surface area (Å²) in [7, 11) is 2.28. The van der Waals surface area contributed by atoms with Crippen molar-refractivity contribution in [3.63, 3.8) is 0 Å². The third-order valence-corrected chi connectivity index (χ3v) is 15.4. The van der Waals surface area contributed by atoms with E-state index in [4.69, 9.17) is 0 Å². The van der Waals surface area contributed by atoms with Gasteiger partial charge >= 0.3 is 0 Å². The first-order valence-corrected chi connectivity index (χ1v) is 26.2. The second-order valence-corrected chi connectivity index (χ2v) is 20.4. The zero-order valence-corrected chi connectivity index (χ0v) is 44.8. The minimum Gasteiger partial charge on any atom is -0.305 e. The molecule has 0 aliphatic rings. The molecule has 0 aromatic heterocycles. The van der Waals surface area contributed by atoms with Crippen molar-refractivity contribution in [1.82, 2.24) is 0 Å². The maximum absolute atomic E-state index is 17.4. The summed E-state index contributed by atoms with van der Waals surface area (Å²) < 4.78 is 442. The molecule has 1 N–H and O–H groups in total. The maximum atomic E-state index is 17.4. The zero-order chi connectivity index (χ0) is 66.1. The van der Waals surface area contributed by atoms with Crippen LogP contribution in [0.2, 0.25) is 0 Å². The molecule has 0 radical (unpaired) electrons. The lowest BCUT2D eigenvalue weighted by atomic mass is 9.12. The van der Waals surface area contributed by atoms with Crippen molar-refractivity contribution < 1.29 is 128 Å². The molecule has 0 amide bonds. The van der Waals surface area contributed by atoms with Gasteiger partial charge in [-0.05, 0) is 25.0 Å². The highest BCUT2D eigenvalue weighted by Gasteiger charge is 2.52. The lowest BCUT2D eigenvalue weighted by Gasteiger charge is -2.45. The van der Waals surface area contributed by atoms with Gasteiger partial charge in [-0.15, -0.1) is 21.9 Å². The van der Waals surface area contributed by atoms with Crippen LogP contribution in [0.3, 0.4) is 0 Å². The molecule has 30 heteroatoms. The van der Waals surface area contributed by atoms with E-state index in [9.17, 15) is 35.1 Å². The fourth-order valence-electron chi connectivity index (χ4n) is 11.1. The Balaban J connectivity index is 0.000000436. The van der Waals surface area contributed by atoms with E-state index in [0.717, 1.165) is 0 Å². The Morgan fingerprint density at radius 1 is 0.236 bits per heavy atom. The first-order chi connectivity index (χ1) is 41.8. The van der Waals surface area contributed by atoms with E-state index in [0.29, 0.717) is 0 Å². The third kappa shape index (κ3) is 10.5. The number of fused-ring (bicyclic) bond motifs is 4. The number of unbranched alkanes of at least 4 members (excludes halogenated alkanes) is 9. The number of rotatable bonds is 16. The van der Waals surface area contributed by atoms with Gasteiger partial charge in [0.1, 0.15) is 58.4 Å². The van der Waals surface area contributed by atoms with Gasteiger partial charge in [0.25, 0.3) is 0 Å². The SMILES string of the molecule is CCCCCCCCCCCC[NH+](C)c1ccccc1.Fc1c(F)c(F)c2c(F)c([B-](c3c(F)c(F)c4c(F)c(F)c(F)c(F)c4c3F)(c3c(F)c(F)c4c(F)c(F)c(F)c(F)c4c3F)c3c(F)c(F)c4c(F)c(F)c(F)c(F)c4c3F)c(F)c(F)c2c1F. The van der Waals surface area contributed by atoms with Gasteiger partial charge in [-0.3, -0.25) is 0 Å². The van der Waals surface area contributed by atoms with E-state index in [-0.39, 0.29) is 0 Å². The Bertz CT molecular complexity index is 3890. The number of quaternary nitrogens is 1. The van der Waals surface area contributed by atoms with Crippen LogP contribution in [0, 0.1) is 163 Å². The molecule has 0 fully saturated rings. The Labute approximate surface area is 481 Å². The van der Waals surface area contributed by atoms with Crippen LogP contribution in [0.15, 0.2) is 30.3 Å². The van der Waals surface area contributed by atoms with Crippen LogP contribution in [0.4, 0.5) is 129 Å². The predicted molar refractivity (Wildman–Crippen MR) is 269 cm³/mol. The molecule has 9 rings (SSSR count). The summed E-state index contributed by atoms with van der Waals surface area (Å²) in [5.74, 6) is -102. The molecule has 9 aromatic rings. The monoisotopic (exact) mass is 1300 g/mol. The zero-order valence-electron chi connectivity index (χ0n) is 44.8. The van der Waals surface area contributed by atoms with Gasteiger partial charge in [0.05, 0.1) is 56.7 Å². The van der Waals surface area contributed by atoms with Gasteiger partial charge in [0.2, 0.25) is 0 Å². The summed E-state index contributed by atoms with van der Waals surface area (Å²) in [5, 5.41) is -25.0. The van der Waals surface area contributed by atoms with Crippen LogP contribution in [0.25, 0.3) is 43.1 Å². The van der Waals surface area contributed by atoms with E-state index < -0.39 is 234 Å². The molecule has 0 spiro atoms. The van der Waals surface area contributed by atoms with Crippen molar-refractivity contribution in [3.05, 3.63) is 193 Å². The Kier molecular flexibility index (Phi) is 19.2. The van der Waals surface area contributed by atoms with Gasteiger partial charge in [0.15, 0.2) is 116 Å². The van der Waals surface area contributed by atoms with Crippen LogP contribution in [-0.4, -0.2) is 19.7 Å². The molecule has 89 heavy (non-hydrogen) atoms. The second kappa shape index (κ2) is 25.5. The normalized spacial score (nSPS) is 12.4. The third-order valence-electron chi connectivity index (χ3n) is 15.4. The summed E-state index contributed by atoms with van der Waals surface area (Å²) >= 11 is 0. The van der Waals surface area contributed by atoms with E-state index in [2.05, 4.69) is 44.3 Å². The van der Waals surface area contributed by atoms with Gasteiger partial charge in [-0.25, -0.2) is 123 Å². The minimum absolute atomic E-state index is 1.26. The molecule has 0 aliphatic heterocycles. The first kappa shape index (κ1) is 67.0. The highest BCUT2D eigenvalue weighted by Crippen LogP contribution is 2.41. The molecular formula is C59H34BF28N. The summed E-state index contributed by atoms with van der Waals surface area (Å²) in [5.41, 5.74) is -14.5. The van der Waals surface area contributed by atoms with Gasteiger partial charge in [0, 0.05) is 0 Å². The van der Waals surface area contributed by atoms with Crippen molar-refractivity contribution >= 4 is 76.8 Å². The van der Waals surface area contributed by atoms with Crippen LogP contribution in [0.5, 0.6) is 0 Å². The highest BCUT2D eigenvalue weighted by atomic mass is 19.2. The lowest BCUT2D eigenvalue weighted by Crippen LogP contribution is -3.03. The van der Waals surface area contributed by atoms with Crippen LogP contribution in [0.1, 0.15) is 71.1 Å². The average Bonchev–Trinajstić information content (AvgIpc) is 0.701. The molecule has 1 atom stereocenters. The van der Waals surface area contributed by atoms with E-state index in [1.807, 2.05) is 0 Å². The smallest absolute Gasteiger partial charge is 0.198 e. The van der Waals surface area contributed by atoms with Crippen molar-refractivity contribution in [2.24, 2.45) is 0 Å². The number of hydrogen-bond donors (Lipinski definition) is 1. The highest BCUT2D eigenvalue weighted by molar-refractivity contribution is 7.20. The molecule has 0 bridgehead atoms. The number of hydrogen-bond acceptors (Lipinski definition) is 0. The summed E-state index contributed by atoms with van der Waals surface area (Å²) in [4.78, 5) is 1.55. The minimum atomic E-state index is -7.99. The van der Waals surface area contributed by atoms with Crippen molar-refractivity contribution in [2.45, 2.75) is 71.1 Å². The number of halogens is 28. The van der Waals surface area contributed by atoms with Gasteiger partial charge < -0.3 is 4.90 Å². The number of nitrogens with one attached hydrogen (secondary N) is 1. The summed E-state index contributed by atoms with van der Waals surface area (Å²) in [6, 6.07) is 10.8. The number of benzene rings is 9. The molecule has 0 saturated heterocycles. The topological polar surface area (TPSA) is 4.44 Å². The fourth-order valence-corrected chi connectivity index (χ4v) is 11.1. The van der Waals surface area contributed by atoms with Crippen molar-refractivity contribution in [3.8, 4) is 0 Å². The van der Waals surface area contributed by atoms with Crippen LogP contribution in [-0.2, 0) is 0 Å². The Morgan fingerprint density at radius 3 is 0.652 bits per heavy atom. The number of para-hydroxylation sites is 1. The molecule has 1 unspecified atom stereocenters. The Hall–Kier alpha value is -7.92. The molecule has 1 nitrogen and oxygen atoms in total. The van der Waals surface area contributed by atoms with E-state index >= 15 is 87.8 Å². The summed E-state index contributed by atoms with van der Waals surface area (Å²) in [6.07, 6.45) is 6.23. The predicted octanol–water partition coefficient (Wildman–Crippen LogP) is 16.3. The second-order valence-electron chi connectivity index (χ2n) is 20.4. The lowest BCUT2D eigenvalue weighted by molar-refractivity contribution is -0.810. The first-order valence-electron chi connectivity index (χ1n) is 26.2. The quantitative estimate of drug-likeness (QED) is 0.0323. The molecule has 0 aliphatic carbocycles. The van der Waals surface area contributed by atoms with Gasteiger partial charge in [-0.1, -0.05) is 76.5 Å². The Morgan fingerprint density at radius 2 is 0.427 bits per heavy atom. The van der Waals surface area contributed by atoms with E-state index in [1.54, 1.807) is 4.90 Å². The van der Waals surface area contributed by atoms with Crippen molar-refractivity contribution in [1.29, 1.82) is 0 Å². The molecule has 0 heterocycles. The van der Waals surface area contributed by atoms with Crippen molar-refractivity contribution in [2.75, 3.05) is 13.6 Å². The van der Waals surface area contributed by atoms with Crippen LogP contribution < -0.4 is 26.8 Å². The van der Waals surface area contributed by atoms with Gasteiger partial charge in [-0.2, -0.15) is 0 Å². The standard InChI is InChI=1S/C40BF28.C19H33N/c42-13-1-5(25(54)37(66)33(62)21(1)50)17(46)29(58)9(13)41(10-14(43)2-6(18(47)30(10)59)26(55)38(67)34(63)22(2)51,11-15(44)3-7(19(48)31(11)60)27(56)39(68)35(64)23(3)52)12-16(45)4-8(20(49)32(12)61)28(57)40(69)36(65)24(4)53;1-3-4-5-6-7-8-9-10-11-15-18-20(2)19-16-13-12-14-17-19/h;12-14,16-17H,3-11,15,18H2,1-2H3/q-1;/p+1. The molecule has 9 aromatic carbocycles. The maximum Gasteiger partial charge on any atom is 0.198 e. The largest absolute Gasteiger partial charge is 0.305 e. The van der Waals surface area contributed by atoms with E-state index in [1.165, 1.54) is 76.4 Å². The summed E-state index contributed by atoms with van der Waals surface area (Å²) in [6.45, 7) is 3.55. The molecular weight excluding hydrogens is 1270 g/mol. The molecule has 0 saturated carbocycles. The average molecular weight is 1300 g/mol. The van der Waals surface area contributed by atoms with Crippen LogP contribution >= 0.6 is 0 Å².